The smallest absolute Gasteiger partial charge is 0.416 e. The van der Waals surface area contributed by atoms with Crippen molar-refractivity contribution in [1.82, 2.24) is 19.6 Å². The van der Waals surface area contributed by atoms with E-state index in [0.29, 0.717) is 77.3 Å². The molecule has 0 saturated carbocycles. The molecule has 3 fully saturated rings. The Morgan fingerprint density at radius 3 is 2.00 bits per heavy atom. The number of rotatable bonds is 5. The summed E-state index contributed by atoms with van der Waals surface area (Å²) in [6.07, 6.45) is -3.83. The second kappa shape index (κ2) is 11.6. The van der Waals surface area contributed by atoms with Crippen molar-refractivity contribution < 1.29 is 37.0 Å². The number of piperazine rings is 1. The Morgan fingerprint density at radius 1 is 0.854 bits per heavy atom. The highest BCUT2D eigenvalue weighted by Crippen LogP contribution is 2.35. The van der Waals surface area contributed by atoms with Gasteiger partial charge < -0.3 is 19.3 Å². The van der Waals surface area contributed by atoms with E-state index < -0.39 is 23.4 Å². The van der Waals surface area contributed by atoms with Crippen LogP contribution >= 0.6 is 0 Å². The lowest BCUT2D eigenvalue weighted by Gasteiger charge is -2.37. The van der Waals surface area contributed by atoms with Gasteiger partial charge in [0.1, 0.15) is 5.60 Å². The number of carbonyl (C=O) groups excluding carboxylic acids is 3. The van der Waals surface area contributed by atoms with Crippen molar-refractivity contribution in [2.75, 3.05) is 52.9 Å². The zero-order valence-electron chi connectivity index (χ0n) is 22.9. The van der Waals surface area contributed by atoms with Crippen LogP contribution in [0.3, 0.4) is 0 Å². The molecule has 0 atom stereocenters. The molecule has 0 N–H and O–H groups in total. The van der Waals surface area contributed by atoms with E-state index in [4.69, 9.17) is 9.47 Å². The quantitative estimate of drug-likeness (QED) is 0.532. The molecule has 2 aromatic rings. The molecule has 9 nitrogen and oxygen atoms in total. The Bertz CT molecular complexity index is 1250. The fourth-order valence-electron chi connectivity index (χ4n) is 5.63. The lowest BCUT2D eigenvalue weighted by atomic mass is 9.91. The van der Waals surface area contributed by atoms with Crippen molar-refractivity contribution in [3.8, 4) is 0 Å². The first-order valence-corrected chi connectivity index (χ1v) is 13.6. The predicted octanol–water partition coefficient (Wildman–Crippen LogP) is 4.22. The maximum Gasteiger partial charge on any atom is 0.416 e. The highest BCUT2D eigenvalue weighted by Gasteiger charge is 2.46. The van der Waals surface area contributed by atoms with Crippen LogP contribution in [0.1, 0.15) is 39.9 Å². The molecule has 2 aromatic carbocycles. The number of benzene rings is 2. The van der Waals surface area contributed by atoms with Crippen LogP contribution in [0.15, 0.2) is 48.5 Å². The maximum atomic E-state index is 12.9. The summed E-state index contributed by atoms with van der Waals surface area (Å²) in [6, 6.07) is 12.4. The fraction of sp³-hybridized carbons (Fsp3) is 0.483. The number of likely N-dealkylation sites (tertiary alicyclic amines) is 1. The highest BCUT2D eigenvalue weighted by molar-refractivity contribution is 5.94. The van der Waals surface area contributed by atoms with Crippen molar-refractivity contribution in [2.24, 2.45) is 0 Å². The number of halogens is 3. The van der Waals surface area contributed by atoms with Crippen molar-refractivity contribution in [3.05, 3.63) is 70.8 Å². The van der Waals surface area contributed by atoms with Gasteiger partial charge in [-0.25, -0.2) is 9.59 Å². The second-order valence-electron chi connectivity index (χ2n) is 10.8. The number of carbonyl (C=O) groups is 3. The van der Waals surface area contributed by atoms with Gasteiger partial charge in [-0.3, -0.25) is 14.6 Å². The van der Waals surface area contributed by atoms with Crippen LogP contribution in [0.2, 0.25) is 0 Å². The number of ether oxygens (including phenoxy) is 2. The maximum absolute atomic E-state index is 12.9. The third-order valence-corrected chi connectivity index (χ3v) is 8.07. The van der Waals surface area contributed by atoms with E-state index in [-0.39, 0.29) is 12.0 Å². The highest BCUT2D eigenvalue weighted by atomic mass is 19.4. The van der Waals surface area contributed by atoms with E-state index >= 15 is 0 Å². The molecule has 0 aliphatic carbocycles. The van der Waals surface area contributed by atoms with Crippen molar-refractivity contribution in [2.45, 2.75) is 37.7 Å². The molecule has 12 heteroatoms. The molecule has 3 heterocycles. The number of alkyl halides is 3. The lowest BCUT2D eigenvalue weighted by molar-refractivity contribution is -0.137. The Morgan fingerprint density at radius 2 is 1.41 bits per heavy atom. The van der Waals surface area contributed by atoms with Crippen LogP contribution < -0.4 is 0 Å². The van der Waals surface area contributed by atoms with Gasteiger partial charge in [0.05, 0.1) is 19.2 Å². The molecule has 41 heavy (non-hydrogen) atoms. The van der Waals surface area contributed by atoms with Crippen LogP contribution in [0.25, 0.3) is 0 Å². The Hall–Kier alpha value is -3.80. The number of hydrogen-bond donors (Lipinski definition) is 0. The summed E-state index contributed by atoms with van der Waals surface area (Å²) in [5, 5.41) is 0. The van der Waals surface area contributed by atoms with Crippen molar-refractivity contribution >= 4 is 18.1 Å². The zero-order valence-corrected chi connectivity index (χ0v) is 22.9. The van der Waals surface area contributed by atoms with Gasteiger partial charge >= 0.3 is 18.4 Å². The minimum atomic E-state index is -4.35. The molecule has 3 amide bonds. The van der Waals surface area contributed by atoms with Gasteiger partial charge in [0.15, 0.2) is 0 Å². The average molecular weight is 575 g/mol. The molecule has 0 bridgehead atoms. The number of piperidine rings is 1. The minimum Gasteiger partial charge on any atom is -0.453 e. The molecule has 5 rings (SSSR count). The molecule has 3 saturated heterocycles. The minimum absolute atomic E-state index is 0.108. The molecular weight excluding hydrogens is 541 g/mol. The third kappa shape index (κ3) is 6.58. The molecule has 0 aromatic heterocycles. The summed E-state index contributed by atoms with van der Waals surface area (Å²) in [4.78, 5) is 44.4. The van der Waals surface area contributed by atoms with Gasteiger partial charge in [0.25, 0.3) is 5.91 Å². The lowest BCUT2D eigenvalue weighted by Crippen LogP contribution is -2.50. The van der Waals surface area contributed by atoms with Crippen molar-refractivity contribution in [1.29, 1.82) is 0 Å². The molecule has 3 aliphatic heterocycles. The van der Waals surface area contributed by atoms with Gasteiger partial charge in [-0.05, 0) is 35.4 Å². The first kappa shape index (κ1) is 28.7. The summed E-state index contributed by atoms with van der Waals surface area (Å²) in [5.74, 6) is -0.108. The van der Waals surface area contributed by atoms with E-state index in [9.17, 15) is 27.6 Å². The number of amides is 3. The average Bonchev–Trinajstić information content (AvgIpc) is 3.27. The zero-order chi connectivity index (χ0) is 29.2. The van der Waals surface area contributed by atoms with Crippen molar-refractivity contribution in [3.63, 3.8) is 0 Å². The van der Waals surface area contributed by atoms with E-state index in [1.165, 1.54) is 19.2 Å². The largest absolute Gasteiger partial charge is 0.453 e. The SMILES string of the molecule is COC(=O)N1CCN(C(=O)c2ccc(CN3CC4(CCN(Cc5ccc(C(F)(F)F)cc5)CC4)OC3=O)cc2)CC1. The first-order chi connectivity index (χ1) is 19.5. The molecule has 0 unspecified atom stereocenters. The summed E-state index contributed by atoms with van der Waals surface area (Å²) < 4.78 is 49.0. The van der Waals surface area contributed by atoms with Crippen LogP contribution in [-0.4, -0.2) is 96.2 Å². The van der Waals surface area contributed by atoms with Gasteiger partial charge in [0.2, 0.25) is 0 Å². The molecule has 220 valence electrons. The molecule has 3 aliphatic rings. The standard InChI is InChI=1S/C29H33F3N4O5/c1-40-26(38)35-16-14-34(15-17-35)25(37)23-6-2-22(3-7-23)19-36-20-28(41-27(36)39)10-12-33(13-11-28)18-21-4-8-24(9-5-21)29(30,31)32/h2-9H,10-20H2,1H3. The summed E-state index contributed by atoms with van der Waals surface area (Å²) >= 11 is 0. The number of methoxy groups -OCH3 is 1. The monoisotopic (exact) mass is 574 g/mol. The predicted molar refractivity (Wildman–Crippen MR) is 142 cm³/mol. The van der Waals surface area contributed by atoms with Gasteiger partial charge in [0, 0.05) is 70.8 Å². The normalized spacial score (nSPS) is 19.4. The first-order valence-electron chi connectivity index (χ1n) is 13.6. The van der Waals surface area contributed by atoms with Crippen LogP contribution in [0.5, 0.6) is 0 Å². The number of hydrogen-bond acceptors (Lipinski definition) is 6. The summed E-state index contributed by atoms with van der Waals surface area (Å²) in [6.45, 7) is 4.41. The van der Waals surface area contributed by atoms with Crippen LogP contribution in [-0.2, 0) is 28.7 Å². The Kier molecular flexibility index (Phi) is 8.12. The topological polar surface area (TPSA) is 82.6 Å². The van der Waals surface area contributed by atoms with Gasteiger partial charge in [-0.1, -0.05) is 24.3 Å². The fourth-order valence-corrected chi connectivity index (χ4v) is 5.63. The van der Waals surface area contributed by atoms with Gasteiger partial charge in [-0.2, -0.15) is 13.2 Å². The van der Waals surface area contributed by atoms with E-state index in [1.54, 1.807) is 26.8 Å². The third-order valence-electron chi connectivity index (χ3n) is 8.07. The molecule has 0 radical (unpaired) electrons. The Labute approximate surface area is 236 Å². The van der Waals surface area contributed by atoms with E-state index in [1.807, 2.05) is 12.1 Å². The summed E-state index contributed by atoms with van der Waals surface area (Å²) in [5.41, 5.74) is 1.00. The van der Waals surface area contributed by atoms with Gasteiger partial charge in [-0.15, -0.1) is 0 Å². The van der Waals surface area contributed by atoms with Crippen LogP contribution in [0, 0.1) is 0 Å². The van der Waals surface area contributed by atoms with E-state index in [0.717, 1.165) is 23.3 Å². The van der Waals surface area contributed by atoms with Crippen LogP contribution in [0.4, 0.5) is 22.8 Å². The number of nitrogens with zero attached hydrogens (tertiary/aromatic N) is 4. The van der Waals surface area contributed by atoms with E-state index in [2.05, 4.69) is 4.90 Å². The summed E-state index contributed by atoms with van der Waals surface area (Å²) in [7, 11) is 1.34. The molecular formula is C29H33F3N4O5. The Balaban J connectivity index is 1.10. The second-order valence-corrected chi connectivity index (χ2v) is 10.8. The molecule has 1 spiro atoms.